The first-order chi connectivity index (χ1) is 16.6. The lowest BCUT2D eigenvalue weighted by atomic mass is 10.0. The van der Waals surface area contributed by atoms with E-state index in [9.17, 15) is 4.79 Å². The molecule has 0 unspecified atom stereocenters. The number of benzene rings is 3. The zero-order chi connectivity index (χ0) is 23.5. The smallest absolute Gasteiger partial charge is 0.255 e. The van der Waals surface area contributed by atoms with Gasteiger partial charge in [0, 0.05) is 23.7 Å². The van der Waals surface area contributed by atoms with Gasteiger partial charge in [0.2, 0.25) is 0 Å². The maximum absolute atomic E-state index is 15.1. The van der Waals surface area contributed by atoms with E-state index in [4.69, 9.17) is 4.74 Å². The quantitative estimate of drug-likeness (QED) is 0.393. The van der Waals surface area contributed by atoms with Crippen molar-refractivity contribution >= 4 is 22.5 Å². The minimum atomic E-state index is -0.520. The van der Waals surface area contributed by atoms with Crippen molar-refractivity contribution in [2.45, 2.75) is 19.4 Å². The fraction of sp³-hybridized carbons (Fsp3) is 0.214. The van der Waals surface area contributed by atoms with Gasteiger partial charge in [-0.2, -0.15) is 0 Å². The molecule has 34 heavy (non-hydrogen) atoms. The number of fused-ring (bicyclic) bond motifs is 1. The lowest BCUT2D eigenvalue weighted by molar-refractivity contribution is 0.102. The number of halogens is 1. The molecule has 1 fully saturated rings. The molecular weight excluding hydrogens is 429 g/mol. The number of pyridine rings is 1. The Morgan fingerprint density at radius 3 is 2.35 bits per heavy atom. The highest BCUT2D eigenvalue weighted by Gasteiger charge is 2.15. The van der Waals surface area contributed by atoms with E-state index >= 15 is 4.39 Å². The predicted molar refractivity (Wildman–Crippen MR) is 133 cm³/mol. The minimum absolute atomic E-state index is 0.122. The third kappa shape index (κ3) is 4.63. The number of likely N-dealkylation sites (tertiary alicyclic amines) is 1. The Balaban J connectivity index is 1.30. The first kappa shape index (κ1) is 22.0. The van der Waals surface area contributed by atoms with Gasteiger partial charge in [-0.3, -0.25) is 14.7 Å². The number of methoxy groups -OCH3 is 1. The summed E-state index contributed by atoms with van der Waals surface area (Å²) in [5.41, 5.74) is 3.90. The molecule has 1 saturated heterocycles. The molecule has 5 rings (SSSR count). The van der Waals surface area contributed by atoms with E-state index in [1.54, 1.807) is 37.6 Å². The number of hydrogen-bond donors (Lipinski definition) is 1. The molecule has 2 heterocycles. The Labute approximate surface area is 198 Å². The third-order valence-corrected chi connectivity index (χ3v) is 6.27. The van der Waals surface area contributed by atoms with E-state index < -0.39 is 5.82 Å². The van der Waals surface area contributed by atoms with E-state index in [1.807, 2.05) is 42.5 Å². The standard InChI is InChI=1S/C28H26FN3O2/c1-34-24-11-8-21(9-12-24)20-4-6-22(7-5-20)28(33)31-25-13-10-23-16-19(17-30-27(23)26(25)29)18-32-14-2-3-15-32/h4-13,16-17H,2-3,14-15,18H2,1H3,(H,31,33). The third-order valence-electron chi connectivity index (χ3n) is 6.27. The van der Waals surface area contributed by atoms with Crippen molar-refractivity contribution in [3.63, 3.8) is 0 Å². The number of carbonyl (C=O) groups excluding carboxylic acids is 1. The molecule has 0 bridgehead atoms. The van der Waals surface area contributed by atoms with Crippen molar-refractivity contribution in [3.05, 3.63) is 89.9 Å². The largest absolute Gasteiger partial charge is 0.497 e. The zero-order valence-corrected chi connectivity index (χ0v) is 19.1. The van der Waals surface area contributed by atoms with Crippen molar-refractivity contribution < 1.29 is 13.9 Å². The van der Waals surface area contributed by atoms with Crippen LogP contribution in [-0.2, 0) is 6.54 Å². The molecule has 1 aliphatic heterocycles. The van der Waals surface area contributed by atoms with Crippen LogP contribution in [0.15, 0.2) is 72.9 Å². The molecule has 172 valence electrons. The highest BCUT2D eigenvalue weighted by Crippen LogP contribution is 2.26. The van der Waals surface area contributed by atoms with Gasteiger partial charge in [0.1, 0.15) is 11.3 Å². The number of anilines is 1. The average molecular weight is 456 g/mol. The van der Waals surface area contributed by atoms with Crippen LogP contribution in [0.5, 0.6) is 5.75 Å². The van der Waals surface area contributed by atoms with Gasteiger partial charge in [-0.15, -0.1) is 0 Å². The molecular formula is C28H26FN3O2. The van der Waals surface area contributed by atoms with Crippen LogP contribution < -0.4 is 10.1 Å². The molecule has 0 atom stereocenters. The molecule has 0 spiro atoms. The van der Waals surface area contributed by atoms with Crippen molar-refractivity contribution in [2.24, 2.45) is 0 Å². The summed E-state index contributed by atoms with van der Waals surface area (Å²) >= 11 is 0. The Morgan fingerprint density at radius 2 is 1.68 bits per heavy atom. The number of rotatable bonds is 6. The van der Waals surface area contributed by atoms with Crippen LogP contribution >= 0.6 is 0 Å². The van der Waals surface area contributed by atoms with Gasteiger partial charge in [-0.05, 0) is 79.0 Å². The SMILES string of the molecule is COc1ccc(-c2ccc(C(=O)Nc3ccc4cc(CN5CCCC5)cnc4c3F)cc2)cc1. The van der Waals surface area contributed by atoms with Crippen LogP contribution in [-0.4, -0.2) is 36.0 Å². The second-order valence-electron chi connectivity index (χ2n) is 8.59. The highest BCUT2D eigenvalue weighted by molar-refractivity contribution is 6.05. The molecule has 0 aliphatic carbocycles. The van der Waals surface area contributed by atoms with E-state index in [-0.39, 0.29) is 17.1 Å². The second kappa shape index (κ2) is 9.61. The average Bonchev–Trinajstić information content (AvgIpc) is 3.39. The predicted octanol–water partition coefficient (Wildman–Crippen LogP) is 5.90. The van der Waals surface area contributed by atoms with E-state index in [0.717, 1.165) is 47.5 Å². The lowest BCUT2D eigenvalue weighted by Gasteiger charge is -2.15. The van der Waals surface area contributed by atoms with Gasteiger partial charge in [0.25, 0.3) is 5.91 Å². The molecule has 6 heteroatoms. The Morgan fingerprint density at radius 1 is 1.00 bits per heavy atom. The van der Waals surface area contributed by atoms with Gasteiger partial charge >= 0.3 is 0 Å². The number of aromatic nitrogens is 1. The first-order valence-corrected chi connectivity index (χ1v) is 11.5. The minimum Gasteiger partial charge on any atom is -0.497 e. The van der Waals surface area contributed by atoms with Crippen LogP contribution in [0.3, 0.4) is 0 Å². The van der Waals surface area contributed by atoms with Gasteiger partial charge in [0.15, 0.2) is 5.82 Å². The number of hydrogen-bond acceptors (Lipinski definition) is 4. The Hall–Kier alpha value is -3.77. The molecule has 3 aromatic carbocycles. The Bertz CT molecular complexity index is 1310. The summed E-state index contributed by atoms with van der Waals surface area (Å²) in [6, 6.07) is 20.3. The summed E-state index contributed by atoms with van der Waals surface area (Å²) in [5, 5.41) is 3.42. The fourth-order valence-corrected chi connectivity index (χ4v) is 4.39. The van der Waals surface area contributed by atoms with Gasteiger partial charge in [-0.25, -0.2) is 4.39 Å². The van der Waals surface area contributed by atoms with Gasteiger partial charge in [-0.1, -0.05) is 30.3 Å². The molecule has 1 amide bonds. The van der Waals surface area contributed by atoms with Crippen LogP contribution in [0.25, 0.3) is 22.0 Å². The molecule has 1 aromatic heterocycles. The summed E-state index contributed by atoms with van der Waals surface area (Å²) in [7, 11) is 1.63. The van der Waals surface area contributed by atoms with Crippen LogP contribution in [0.1, 0.15) is 28.8 Å². The van der Waals surface area contributed by atoms with Gasteiger partial charge < -0.3 is 10.1 Å². The molecule has 1 N–H and O–H groups in total. The maximum atomic E-state index is 15.1. The molecule has 1 aliphatic rings. The first-order valence-electron chi connectivity index (χ1n) is 11.5. The number of carbonyl (C=O) groups is 1. The zero-order valence-electron chi connectivity index (χ0n) is 19.1. The second-order valence-corrected chi connectivity index (χ2v) is 8.59. The van der Waals surface area contributed by atoms with E-state index in [1.165, 1.54) is 12.8 Å². The maximum Gasteiger partial charge on any atom is 0.255 e. The monoisotopic (exact) mass is 455 g/mol. The summed E-state index contributed by atoms with van der Waals surface area (Å²) < 4.78 is 20.3. The number of amides is 1. The van der Waals surface area contributed by atoms with Crippen LogP contribution in [0, 0.1) is 5.82 Å². The van der Waals surface area contributed by atoms with Crippen LogP contribution in [0.4, 0.5) is 10.1 Å². The number of ether oxygens (including phenoxy) is 1. The lowest BCUT2D eigenvalue weighted by Crippen LogP contribution is -2.18. The molecule has 0 saturated carbocycles. The van der Waals surface area contributed by atoms with E-state index in [2.05, 4.69) is 15.2 Å². The van der Waals surface area contributed by atoms with Crippen molar-refractivity contribution in [3.8, 4) is 16.9 Å². The van der Waals surface area contributed by atoms with E-state index in [0.29, 0.717) is 5.56 Å². The summed E-state index contributed by atoms with van der Waals surface area (Å²) in [5.74, 6) is -0.104. The molecule has 5 nitrogen and oxygen atoms in total. The van der Waals surface area contributed by atoms with Crippen LogP contribution in [0.2, 0.25) is 0 Å². The highest BCUT2D eigenvalue weighted by atomic mass is 19.1. The molecule has 0 radical (unpaired) electrons. The number of nitrogens with one attached hydrogen (secondary N) is 1. The fourth-order valence-electron chi connectivity index (χ4n) is 4.39. The topological polar surface area (TPSA) is 54.5 Å². The summed E-state index contributed by atoms with van der Waals surface area (Å²) in [4.78, 5) is 19.5. The van der Waals surface area contributed by atoms with Gasteiger partial charge in [0.05, 0.1) is 12.8 Å². The summed E-state index contributed by atoms with van der Waals surface area (Å²) in [6.45, 7) is 3.02. The summed E-state index contributed by atoms with van der Waals surface area (Å²) in [6.07, 6.45) is 4.18. The van der Waals surface area contributed by atoms with Crippen molar-refractivity contribution in [1.29, 1.82) is 0 Å². The Kier molecular flexibility index (Phi) is 6.23. The van der Waals surface area contributed by atoms with Crippen molar-refractivity contribution in [1.82, 2.24) is 9.88 Å². The number of nitrogens with zero attached hydrogens (tertiary/aromatic N) is 2. The molecule has 4 aromatic rings. The van der Waals surface area contributed by atoms with Crippen molar-refractivity contribution in [2.75, 3.05) is 25.5 Å². The normalized spacial score (nSPS) is 13.8.